The highest BCUT2D eigenvalue weighted by molar-refractivity contribution is 5.76. The zero-order valence-corrected chi connectivity index (χ0v) is 15.2. The molecule has 3 aromatic carbocycles. The molecule has 2 nitrogen and oxygen atoms in total. The van der Waals surface area contributed by atoms with Crippen LogP contribution in [0.25, 0.3) is 0 Å². The first kappa shape index (κ1) is 17.9. The Hall–Kier alpha value is -2.87. The van der Waals surface area contributed by atoms with Crippen LogP contribution in [0.5, 0.6) is 0 Å². The summed E-state index contributed by atoms with van der Waals surface area (Å²) in [6.07, 6.45) is 1.27. The lowest BCUT2D eigenvalue weighted by molar-refractivity contribution is -0.121. The molecule has 0 atom stereocenters. The van der Waals surface area contributed by atoms with Crippen molar-refractivity contribution in [3.8, 4) is 0 Å². The summed E-state index contributed by atoms with van der Waals surface area (Å²) in [5.41, 5.74) is 3.34. The zero-order chi connectivity index (χ0) is 18.2. The number of amides is 1. The molecule has 0 spiro atoms. The van der Waals surface area contributed by atoms with Gasteiger partial charge in [-0.15, -0.1) is 0 Å². The third-order valence-electron chi connectivity index (χ3n) is 4.94. The molecule has 0 unspecified atom stereocenters. The lowest BCUT2D eigenvalue weighted by atomic mass is 9.76. The van der Waals surface area contributed by atoms with Gasteiger partial charge in [-0.25, -0.2) is 0 Å². The largest absolute Gasteiger partial charge is 0.355 e. The number of carbonyl (C=O) groups excluding carboxylic acids is 1. The number of nitrogens with one attached hydrogen (secondary N) is 1. The molecule has 0 aromatic heterocycles. The van der Waals surface area contributed by atoms with E-state index in [1.807, 2.05) is 54.6 Å². The van der Waals surface area contributed by atoms with Gasteiger partial charge in [-0.1, -0.05) is 91.0 Å². The third-order valence-corrected chi connectivity index (χ3v) is 4.94. The Labute approximate surface area is 155 Å². The summed E-state index contributed by atoms with van der Waals surface area (Å²) in [5, 5.41) is 3.15. The smallest absolute Gasteiger partial charge is 0.220 e. The highest BCUT2D eigenvalue weighted by Crippen LogP contribution is 2.31. The molecule has 2 heteroatoms. The van der Waals surface area contributed by atoms with Crippen molar-refractivity contribution in [1.29, 1.82) is 0 Å². The minimum atomic E-state index is -0.259. The Bertz CT molecular complexity index is 773. The van der Waals surface area contributed by atoms with Crippen LogP contribution >= 0.6 is 0 Å². The fourth-order valence-corrected chi connectivity index (χ4v) is 3.25. The molecule has 1 amide bonds. The van der Waals surface area contributed by atoms with E-state index in [0.717, 1.165) is 6.42 Å². The van der Waals surface area contributed by atoms with E-state index in [1.54, 1.807) is 0 Å². The standard InChI is InChI=1S/C24H25NO/c1-24(21-13-7-3-8-14-21,22-15-9-4-10-16-22)19-25-23(26)18-17-20-11-5-2-6-12-20/h2-16H,17-19H2,1H3,(H,25,26). The van der Waals surface area contributed by atoms with Gasteiger partial charge in [0, 0.05) is 18.4 Å². The Morgan fingerprint density at radius 1 is 0.769 bits per heavy atom. The first-order chi connectivity index (χ1) is 12.7. The van der Waals surface area contributed by atoms with Crippen LogP contribution in [0.1, 0.15) is 30.0 Å². The highest BCUT2D eigenvalue weighted by atomic mass is 16.1. The second-order valence-electron chi connectivity index (χ2n) is 6.83. The molecule has 3 aromatic rings. The average Bonchev–Trinajstić information content (AvgIpc) is 2.72. The number of carbonyl (C=O) groups is 1. The minimum Gasteiger partial charge on any atom is -0.355 e. The molecule has 0 aliphatic rings. The van der Waals surface area contributed by atoms with E-state index < -0.39 is 0 Å². The van der Waals surface area contributed by atoms with E-state index >= 15 is 0 Å². The molecule has 0 aliphatic carbocycles. The van der Waals surface area contributed by atoms with Gasteiger partial charge >= 0.3 is 0 Å². The fourth-order valence-electron chi connectivity index (χ4n) is 3.25. The van der Waals surface area contributed by atoms with Crippen LogP contribution in [0.2, 0.25) is 0 Å². The maximum atomic E-state index is 12.4. The monoisotopic (exact) mass is 343 g/mol. The van der Waals surface area contributed by atoms with Crippen molar-refractivity contribution in [3.63, 3.8) is 0 Å². The number of hydrogen-bond donors (Lipinski definition) is 1. The van der Waals surface area contributed by atoms with Gasteiger partial charge in [-0.3, -0.25) is 4.79 Å². The van der Waals surface area contributed by atoms with Crippen LogP contribution in [-0.4, -0.2) is 12.5 Å². The van der Waals surface area contributed by atoms with Gasteiger partial charge in [0.05, 0.1) is 0 Å². The van der Waals surface area contributed by atoms with Crippen molar-refractivity contribution in [3.05, 3.63) is 108 Å². The van der Waals surface area contributed by atoms with Crippen LogP contribution in [0.3, 0.4) is 0 Å². The van der Waals surface area contributed by atoms with Crippen molar-refractivity contribution in [2.24, 2.45) is 0 Å². The van der Waals surface area contributed by atoms with Crippen molar-refractivity contribution >= 4 is 5.91 Å². The first-order valence-corrected chi connectivity index (χ1v) is 9.10. The summed E-state index contributed by atoms with van der Waals surface area (Å²) in [7, 11) is 0. The van der Waals surface area contributed by atoms with E-state index in [9.17, 15) is 4.79 Å². The molecule has 0 saturated carbocycles. The normalized spacial score (nSPS) is 11.1. The molecule has 132 valence electrons. The minimum absolute atomic E-state index is 0.0898. The Balaban J connectivity index is 1.70. The van der Waals surface area contributed by atoms with Gasteiger partial charge in [-0.2, -0.15) is 0 Å². The second-order valence-corrected chi connectivity index (χ2v) is 6.83. The molecular formula is C24H25NO. The molecule has 0 fully saturated rings. The molecule has 0 heterocycles. The maximum Gasteiger partial charge on any atom is 0.220 e. The number of benzene rings is 3. The molecule has 0 aliphatic heterocycles. The molecule has 3 rings (SSSR count). The van der Waals surface area contributed by atoms with Crippen molar-refractivity contribution in [1.82, 2.24) is 5.32 Å². The van der Waals surface area contributed by atoms with Crippen LogP contribution < -0.4 is 5.32 Å². The second kappa shape index (κ2) is 8.48. The topological polar surface area (TPSA) is 29.1 Å². The molecule has 0 radical (unpaired) electrons. The predicted octanol–water partition coefficient (Wildman–Crippen LogP) is 4.74. The molecule has 1 N–H and O–H groups in total. The summed E-state index contributed by atoms with van der Waals surface area (Å²) in [5.74, 6) is 0.0898. The van der Waals surface area contributed by atoms with Gasteiger partial charge in [-0.05, 0) is 30.0 Å². The van der Waals surface area contributed by atoms with E-state index in [1.165, 1.54) is 16.7 Å². The summed E-state index contributed by atoms with van der Waals surface area (Å²) in [6.45, 7) is 2.77. The summed E-state index contributed by atoms with van der Waals surface area (Å²) < 4.78 is 0. The fraction of sp³-hybridized carbons (Fsp3) is 0.208. The Kier molecular flexibility index (Phi) is 5.85. The SMILES string of the molecule is CC(CNC(=O)CCc1ccccc1)(c1ccccc1)c1ccccc1. The number of rotatable bonds is 7. The average molecular weight is 343 g/mol. The van der Waals surface area contributed by atoms with Crippen molar-refractivity contribution in [2.75, 3.05) is 6.54 Å². The molecule has 0 bridgehead atoms. The van der Waals surface area contributed by atoms with E-state index in [-0.39, 0.29) is 11.3 Å². The molecule has 26 heavy (non-hydrogen) atoms. The Morgan fingerprint density at radius 2 is 1.23 bits per heavy atom. The number of aryl methyl sites for hydroxylation is 1. The summed E-state index contributed by atoms with van der Waals surface area (Å²) in [4.78, 5) is 12.4. The van der Waals surface area contributed by atoms with Crippen molar-refractivity contribution in [2.45, 2.75) is 25.2 Å². The lowest BCUT2D eigenvalue weighted by Gasteiger charge is -2.31. The maximum absolute atomic E-state index is 12.4. The quantitative estimate of drug-likeness (QED) is 0.659. The van der Waals surface area contributed by atoms with E-state index in [0.29, 0.717) is 13.0 Å². The van der Waals surface area contributed by atoms with Crippen molar-refractivity contribution < 1.29 is 4.79 Å². The van der Waals surface area contributed by atoms with Gasteiger partial charge in [0.15, 0.2) is 0 Å². The zero-order valence-electron chi connectivity index (χ0n) is 15.2. The van der Waals surface area contributed by atoms with Crippen LogP contribution in [0, 0.1) is 0 Å². The van der Waals surface area contributed by atoms with Crippen LogP contribution in [-0.2, 0) is 16.6 Å². The van der Waals surface area contributed by atoms with Gasteiger partial charge in [0.25, 0.3) is 0 Å². The van der Waals surface area contributed by atoms with Crippen LogP contribution in [0.4, 0.5) is 0 Å². The van der Waals surface area contributed by atoms with Gasteiger partial charge in [0.2, 0.25) is 5.91 Å². The highest BCUT2D eigenvalue weighted by Gasteiger charge is 2.29. The predicted molar refractivity (Wildman–Crippen MR) is 107 cm³/mol. The van der Waals surface area contributed by atoms with Gasteiger partial charge in [0.1, 0.15) is 0 Å². The Morgan fingerprint density at radius 3 is 1.73 bits per heavy atom. The van der Waals surface area contributed by atoms with E-state index in [2.05, 4.69) is 48.6 Å². The third kappa shape index (κ3) is 4.40. The van der Waals surface area contributed by atoms with E-state index in [4.69, 9.17) is 0 Å². The molecule has 0 saturated heterocycles. The summed E-state index contributed by atoms with van der Waals surface area (Å²) in [6, 6.07) is 30.9. The van der Waals surface area contributed by atoms with Crippen LogP contribution in [0.15, 0.2) is 91.0 Å². The summed E-state index contributed by atoms with van der Waals surface area (Å²) >= 11 is 0. The van der Waals surface area contributed by atoms with Gasteiger partial charge < -0.3 is 5.32 Å². The lowest BCUT2D eigenvalue weighted by Crippen LogP contribution is -2.39. The molecular weight excluding hydrogens is 318 g/mol. The number of hydrogen-bond acceptors (Lipinski definition) is 1. The first-order valence-electron chi connectivity index (χ1n) is 9.10.